The summed E-state index contributed by atoms with van der Waals surface area (Å²) in [5.41, 5.74) is -5.18. The molecule has 0 spiro atoms. The summed E-state index contributed by atoms with van der Waals surface area (Å²) in [5.74, 6) is -0.309. The zero-order chi connectivity index (χ0) is 17.3. The number of benzene rings is 1. The van der Waals surface area contributed by atoms with E-state index in [4.69, 9.17) is 0 Å². The van der Waals surface area contributed by atoms with Gasteiger partial charge in [0, 0.05) is 25.2 Å². The third-order valence-electron chi connectivity index (χ3n) is 3.72. The number of carbonyl (C=O) groups is 1. The first-order valence-corrected chi connectivity index (χ1v) is 8.50. The molecule has 0 unspecified atom stereocenters. The lowest BCUT2D eigenvalue weighted by molar-refractivity contribution is -0.0436. The first-order chi connectivity index (χ1) is 10.6. The molecule has 0 radical (unpaired) electrons. The number of carbonyl (C=O) groups excluding carboxylic acids is 1. The highest BCUT2D eigenvalue weighted by molar-refractivity contribution is 7.92. The average Bonchev–Trinajstić information content (AvgIpc) is 2.70. The summed E-state index contributed by atoms with van der Waals surface area (Å²) in [6.45, 7) is 2.67. The van der Waals surface area contributed by atoms with Crippen LogP contribution in [0.1, 0.15) is 16.8 Å². The summed E-state index contributed by atoms with van der Waals surface area (Å²) in [4.78, 5) is 15.2. The molecule has 128 valence electrons. The van der Waals surface area contributed by atoms with Gasteiger partial charge in [0.1, 0.15) is 0 Å². The van der Waals surface area contributed by atoms with Gasteiger partial charge in [-0.2, -0.15) is 13.2 Å². The second-order valence-electron chi connectivity index (χ2n) is 5.42. The van der Waals surface area contributed by atoms with E-state index in [0.717, 1.165) is 37.2 Å². The van der Waals surface area contributed by atoms with Crippen LogP contribution < -0.4 is 0 Å². The maximum absolute atomic E-state index is 12.5. The van der Waals surface area contributed by atoms with Gasteiger partial charge in [-0.25, -0.2) is 8.42 Å². The number of hydrogen-bond donors (Lipinski definition) is 0. The van der Waals surface area contributed by atoms with Crippen LogP contribution in [0.4, 0.5) is 13.2 Å². The molecular formula is C14H17F3N2O3S. The Labute approximate surface area is 132 Å². The molecule has 0 aliphatic carbocycles. The Morgan fingerprint density at radius 2 is 1.65 bits per heavy atom. The number of likely N-dealkylation sites (N-methyl/N-ethyl adjacent to an activating group) is 1. The first kappa shape index (κ1) is 17.7. The Morgan fingerprint density at radius 3 is 2.22 bits per heavy atom. The zero-order valence-electron chi connectivity index (χ0n) is 12.5. The molecule has 9 heteroatoms. The number of nitrogens with zero attached hydrogens (tertiary/aromatic N) is 2. The van der Waals surface area contributed by atoms with Crippen LogP contribution in [-0.2, 0) is 9.84 Å². The fourth-order valence-electron chi connectivity index (χ4n) is 2.34. The average molecular weight is 350 g/mol. The van der Waals surface area contributed by atoms with Crippen molar-refractivity contribution in [2.75, 3.05) is 33.2 Å². The van der Waals surface area contributed by atoms with Crippen molar-refractivity contribution in [3.8, 4) is 0 Å². The smallest absolute Gasteiger partial charge is 0.337 e. The molecule has 1 aromatic rings. The number of rotatable bonds is 2. The molecule has 5 nitrogen and oxygen atoms in total. The molecule has 0 bridgehead atoms. The summed E-state index contributed by atoms with van der Waals surface area (Å²) < 4.78 is 60.0. The largest absolute Gasteiger partial charge is 0.501 e. The lowest BCUT2D eigenvalue weighted by atomic mass is 10.2. The van der Waals surface area contributed by atoms with E-state index in [2.05, 4.69) is 4.90 Å². The predicted molar refractivity (Wildman–Crippen MR) is 77.7 cm³/mol. The van der Waals surface area contributed by atoms with Crippen LogP contribution in [0.15, 0.2) is 29.2 Å². The van der Waals surface area contributed by atoms with Gasteiger partial charge >= 0.3 is 5.51 Å². The quantitative estimate of drug-likeness (QED) is 0.816. The van der Waals surface area contributed by atoms with Gasteiger partial charge in [-0.05, 0) is 44.3 Å². The molecule has 0 saturated carbocycles. The highest BCUT2D eigenvalue weighted by Gasteiger charge is 2.46. The first-order valence-electron chi connectivity index (χ1n) is 7.02. The Morgan fingerprint density at radius 1 is 1.04 bits per heavy atom. The maximum Gasteiger partial charge on any atom is 0.501 e. The van der Waals surface area contributed by atoms with Gasteiger partial charge in [-0.3, -0.25) is 4.79 Å². The third-order valence-corrected chi connectivity index (χ3v) is 5.23. The monoisotopic (exact) mass is 350 g/mol. The molecule has 1 aromatic carbocycles. The maximum atomic E-state index is 12.5. The molecule has 1 fully saturated rings. The molecule has 1 saturated heterocycles. The summed E-state index contributed by atoms with van der Waals surface area (Å²) in [6.07, 6.45) is 0.808. The van der Waals surface area contributed by atoms with Gasteiger partial charge in [0.2, 0.25) is 0 Å². The van der Waals surface area contributed by atoms with E-state index in [9.17, 15) is 26.4 Å². The van der Waals surface area contributed by atoms with E-state index in [1.165, 1.54) is 0 Å². The fraction of sp³-hybridized carbons (Fsp3) is 0.500. The second kappa shape index (κ2) is 6.48. The van der Waals surface area contributed by atoms with Crippen molar-refractivity contribution in [2.45, 2.75) is 16.8 Å². The van der Waals surface area contributed by atoms with Crippen molar-refractivity contribution in [3.63, 3.8) is 0 Å². The van der Waals surface area contributed by atoms with E-state index >= 15 is 0 Å². The second-order valence-corrected chi connectivity index (χ2v) is 7.36. The van der Waals surface area contributed by atoms with Crippen LogP contribution in [-0.4, -0.2) is 62.9 Å². The normalized spacial score (nSPS) is 17.8. The van der Waals surface area contributed by atoms with Crippen molar-refractivity contribution in [1.29, 1.82) is 0 Å². The number of alkyl halides is 3. The Balaban J connectivity index is 2.18. The van der Waals surface area contributed by atoms with Gasteiger partial charge in [-0.1, -0.05) is 0 Å². The highest BCUT2D eigenvalue weighted by atomic mass is 32.2. The highest BCUT2D eigenvalue weighted by Crippen LogP contribution is 2.30. The number of sulfone groups is 1. The molecule has 1 heterocycles. The number of hydrogen-bond acceptors (Lipinski definition) is 4. The SMILES string of the molecule is CN1CCCN(C(=O)c2ccc(S(=O)(=O)C(F)(F)F)cc2)CC1. The molecule has 0 aromatic heterocycles. The van der Waals surface area contributed by atoms with Gasteiger partial charge in [0.15, 0.2) is 0 Å². The van der Waals surface area contributed by atoms with Crippen molar-refractivity contribution in [2.24, 2.45) is 0 Å². The minimum atomic E-state index is -5.39. The van der Waals surface area contributed by atoms with Gasteiger partial charge in [0.05, 0.1) is 4.90 Å². The lowest BCUT2D eigenvalue weighted by Crippen LogP contribution is -2.34. The van der Waals surface area contributed by atoms with E-state index in [1.54, 1.807) is 4.90 Å². The van der Waals surface area contributed by atoms with Gasteiger partial charge in [-0.15, -0.1) is 0 Å². The number of halogens is 3. The molecular weight excluding hydrogens is 333 g/mol. The minimum Gasteiger partial charge on any atom is -0.337 e. The summed E-state index contributed by atoms with van der Waals surface area (Å²) >= 11 is 0. The third kappa shape index (κ3) is 3.84. The minimum absolute atomic E-state index is 0.177. The van der Waals surface area contributed by atoms with Crippen LogP contribution in [0.25, 0.3) is 0 Å². The van der Waals surface area contributed by atoms with Crippen LogP contribution in [0, 0.1) is 0 Å². The Bertz CT molecular complexity index is 672. The Hall–Kier alpha value is -1.61. The van der Waals surface area contributed by atoms with Crippen LogP contribution in [0.3, 0.4) is 0 Å². The van der Waals surface area contributed by atoms with Gasteiger partial charge in [0.25, 0.3) is 15.7 Å². The fourth-order valence-corrected chi connectivity index (χ4v) is 3.10. The summed E-state index contributed by atoms with van der Waals surface area (Å²) in [6, 6.07) is 3.88. The molecule has 1 amide bonds. The molecule has 23 heavy (non-hydrogen) atoms. The standard InChI is InChI=1S/C14H17F3N2O3S/c1-18-7-2-8-19(10-9-18)13(20)11-3-5-12(6-4-11)23(21,22)14(15,16)17/h3-6H,2,7-10H2,1H3. The van der Waals surface area contributed by atoms with E-state index in [1.807, 2.05) is 7.05 Å². The van der Waals surface area contributed by atoms with Crippen molar-refractivity contribution >= 4 is 15.7 Å². The van der Waals surface area contributed by atoms with Gasteiger partial charge < -0.3 is 9.80 Å². The topological polar surface area (TPSA) is 57.7 Å². The van der Waals surface area contributed by atoms with E-state index in [0.29, 0.717) is 19.6 Å². The molecule has 2 rings (SSSR count). The van der Waals surface area contributed by atoms with Crippen LogP contribution in [0.2, 0.25) is 0 Å². The summed E-state index contributed by atoms with van der Waals surface area (Å²) in [5, 5.41) is 0. The van der Waals surface area contributed by atoms with Crippen molar-refractivity contribution < 1.29 is 26.4 Å². The van der Waals surface area contributed by atoms with Crippen LogP contribution in [0.5, 0.6) is 0 Å². The molecule has 1 aliphatic heterocycles. The van der Waals surface area contributed by atoms with E-state index in [-0.39, 0.29) is 11.5 Å². The van der Waals surface area contributed by atoms with Crippen molar-refractivity contribution in [1.82, 2.24) is 9.80 Å². The molecule has 1 aliphatic rings. The summed E-state index contributed by atoms with van der Waals surface area (Å²) in [7, 11) is -3.44. The van der Waals surface area contributed by atoms with E-state index < -0.39 is 20.2 Å². The number of amides is 1. The Kier molecular flexibility index (Phi) is 5.00. The lowest BCUT2D eigenvalue weighted by Gasteiger charge is -2.20. The van der Waals surface area contributed by atoms with Crippen molar-refractivity contribution in [3.05, 3.63) is 29.8 Å². The predicted octanol–water partition coefficient (Wildman–Crippen LogP) is 1.76. The molecule has 0 N–H and O–H groups in total. The molecule has 0 atom stereocenters. The zero-order valence-corrected chi connectivity index (χ0v) is 13.3. The van der Waals surface area contributed by atoms with Crippen LogP contribution >= 0.6 is 0 Å².